The second-order valence-electron chi connectivity index (χ2n) is 5.22. The van der Waals surface area contributed by atoms with E-state index in [1.807, 2.05) is 24.3 Å². The normalized spacial score (nSPS) is 16.2. The molecule has 0 saturated heterocycles. The summed E-state index contributed by atoms with van der Waals surface area (Å²) in [6.07, 6.45) is 6.14. The minimum absolute atomic E-state index is 0.318. The number of hydrogen-bond donors (Lipinski definition) is 1. The Kier molecular flexibility index (Phi) is 3.96. The van der Waals surface area contributed by atoms with Crippen LogP contribution in [0.5, 0.6) is 0 Å². The molecule has 0 amide bonds. The highest BCUT2D eigenvalue weighted by atomic mass is 79.9. The van der Waals surface area contributed by atoms with Gasteiger partial charge < -0.3 is 5.73 Å². The Morgan fingerprint density at radius 1 is 0.950 bits per heavy atom. The maximum Gasteiger partial charge on any atom is 0.223 e. The molecule has 1 aromatic heterocycles. The van der Waals surface area contributed by atoms with E-state index in [1.54, 1.807) is 0 Å². The van der Waals surface area contributed by atoms with Crippen LogP contribution in [0.1, 0.15) is 43.8 Å². The van der Waals surface area contributed by atoms with Crippen LogP contribution in [0.2, 0.25) is 0 Å². The maximum absolute atomic E-state index is 5.86. The summed E-state index contributed by atoms with van der Waals surface area (Å²) in [5.41, 5.74) is 6.83. The standard InChI is InChI=1S/C15H17BrN4/c16-12-8-6-11(7-9-12)14-18-13(19-15(17)20-14)10-4-2-1-3-5-10/h6-10H,1-5H2,(H2,17,18,19,20). The zero-order valence-electron chi connectivity index (χ0n) is 11.2. The van der Waals surface area contributed by atoms with E-state index in [9.17, 15) is 0 Å². The van der Waals surface area contributed by atoms with Crippen LogP contribution in [0.15, 0.2) is 28.7 Å². The van der Waals surface area contributed by atoms with Gasteiger partial charge in [-0.05, 0) is 25.0 Å². The van der Waals surface area contributed by atoms with Gasteiger partial charge in [0, 0.05) is 16.0 Å². The van der Waals surface area contributed by atoms with Gasteiger partial charge in [-0.15, -0.1) is 0 Å². The van der Waals surface area contributed by atoms with Crippen LogP contribution in [-0.4, -0.2) is 15.0 Å². The van der Waals surface area contributed by atoms with Gasteiger partial charge in [-0.3, -0.25) is 0 Å². The molecule has 2 aromatic rings. The average molecular weight is 333 g/mol. The van der Waals surface area contributed by atoms with Crippen molar-refractivity contribution in [3.8, 4) is 11.4 Å². The lowest BCUT2D eigenvalue weighted by Gasteiger charge is -2.20. The smallest absolute Gasteiger partial charge is 0.223 e. The van der Waals surface area contributed by atoms with E-state index in [4.69, 9.17) is 5.73 Å². The number of halogens is 1. The third-order valence-corrected chi connectivity index (χ3v) is 4.27. The number of nitrogens with zero attached hydrogens (tertiary/aromatic N) is 3. The Hall–Kier alpha value is -1.49. The quantitative estimate of drug-likeness (QED) is 0.904. The van der Waals surface area contributed by atoms with Gasteiger partial charge in [-0.2, -0.15) is 9.97 Å². The molecule has 1 aliphatic carbocycles. The van der Waals surface area contributed by atoms with Gasteiger partial charge in [0.05, 0.1) is 0 Å². The predicted octanol–water partition coefficient (Wildman–Crippen LogP) is 3.93. The molecule has 1 fully saturated rings. The number of nitrogen functional groups attached to an aromatic ring is 1. The topological polar surface area (TPSA) is 64.7 Å². The van der Waals surface area contributed by atoms with Gasteiger partial charge in [0.15, 0.2) is 5.82 Å². The molecule has 0 bridgehead atoms. The molecule has 1 aromatic carbocycles. The van der Waals surface area contributed by atoms with Crippen molar-refractivity contribution in [3.63, 3.8) is 0 Å². The molecule has 0 spiro atoms. The lowest BCUT2D eigenvalue weighted by molar-refractivity contribution is 0.428. The van der Waals surface area contributed by atoms with Gasteiger partial charge in [0.2, 0.25) is 5.95 Å². The minimum atomic E-state index is 0.318. The van der Waals surface area contributed by atoms with E-state index in [0.29, 0.717) is 17.7 Å². The van der Waals surface area contributed by atoms with Crippen molar-refractivity contribution in [2.24, 2.45) is 0 Å². The largest absolute Gasteiger partial charge is 0.368 e. The molecule has 104 valence electrons. The summed E-state index contributed by atoms with van der Waals surface area (Å²) in [7, 11) is 0. The predicted molar refractivity (Wildman–Crippen MR) is 83.2 cm³/mol. The molecule has 3 rings (SSSR count). The summed E-state index contributed by atoms with van der Waals surface area (Å²) in [5.74, 6) is 2.28. The molecule has 0 unspecified atom stereocenters. The van der Waals surface area contributed by atoms with Crippen molar-refractivity contribution in [2.45, 2.75) is 38.0 Å². The number of aromatic nitrogens is 3. The molecule has 5 heteroatoms. The van der Waals surface area contributed by atoms with Crippen LogP contribution in [0, 0.1) is 0 Å². The zero-order valence-corrected chi connectivity index (χ0v) is 12.8. The van der Waals surface area contributed by atoms with Gasteiger partial charge in [-0.25, -0.2) is 4.98 Å². The van der Waals surface area contributed by atoms with Crippen molar-refractivity contribution < 1.29 is 0 Å². The molecule has 1 heterocycles. The Labute approximate surface area is 127 Å². The molecular formula is C15H17BrN4. The molecule has 2 N–H and O–H groups in total. The molecule has 0 radical (unpaired) electrons. The number of rotatable bonds is 2. The van der Waals surface area contributed by atoms with Crippen LogP contribution in [-0.2, 0) is 0 Å². The molecule has 0 aliphatic heterocycles. The summed E-state index contributed by atoms with van der Waals surface area (Å²) in [4.78, 5) is 13.3. The SMILES string of the molecule is Nc1nc(-c2ccc(Br)cc2)nc(C2CCCCC2)n1. The highest BCUT2D eigenvalue weighted by Crippen LogP contribution is 2.31. The first kappa shape index (κ1) is 13.5. The van der Waals surface area contributed by atoms with E-state index in [1.165, 1.54) is 19.3 Å². The molecule has 1 saturated carbocycles. The summed E-state index contributed by atoms with van der Waals surface area (Å²) in [6.45, 7) is 0. The third kappa shape index (κ3) is 2.98. The van der Waals surface area contributed by atoms with E-state index in [0.717, 1.165) is 28.7 Å². The van der Waals surface area contributed by atoms with Crippen molar-refractivity contribution in [1.82, 2.24) is 15.0 Å². The Morgan fingerprint density at radius 3 is 2.35 bits per heavy atom. The van der Waals surface area contributed by atoms with Crippen LogP contribution >= 0.6 is 15.9 Å². The van der Waals surface area contributed by atoms with Gasteiger partial charge in [0.1, 0.15) is 5.82 Å². The molecule has 20 heavy (non-hydrogen) atoms. The number of benzene rings is 1. The summed E-state index contributed by atoms with van der Waals surface area (Å²) >= 11 is 3.43. The summed E-state index contributed by atoms with van der Waals surface area (Å²) in [6, 6.07) is 7.94. The average Bonchev–Trinajstić information content (AvgIpc) is 2.48. The first-order valence-corrected chi connectivity index (χ1v) is 7.79. The lowest BCUT2D eigenvalue weighted by Crippen LogP contribution is -2.12. The molecule has 1 aliphatic rings. The highest BCUT2D eigenvalue weighted by Gasteiger charge is 2.19. The van der Waals surface area contributed by atoms with Crippen molar-refractivity contribution >= 4 is 21.9 Å². The molecule has 0 atom stereocenters. The summed E-state index contributed by atoms with van der Waals surface area (Å²) < 4.78 is 1.04. The minimum Gasteiger partial charge on any atom is -0.368 e. The number of hydrogen-bond acceptors (Lipinski definition) is 4. The van der Waals surface area contributed by atoms with E-state index < -0.39 is 0 Å². The fourth-order valence-corrected chi connectivity index (χ4v) is 2.95. The molecule has 4 nitrogen and oxygen atoms in total. The maximum atomic E-state index is 5.86. The Balaban J connectivity index is 1.95. The van der Waals surface area contributed by atoms with Crippen LogP contribution in [0.4, 0.5) is 5.95 Å². The fourth-order valence-electron chi connectivity index (χ4n) is 2.68. The van der Waals surface area contributed by atoms with Crippen molar-refractivity contribution in [2.75, 3.05) is 5.73 Å². The fraction of sp³-hybridized carbons (Fsp3) is 0.400. The second kappa shape index (κ2) is 5.87. The van der Waals surface area contributed by atoms with E-state index >= 15 is 0 Å². The summed E-state index contributed by atoms with van der Waals surface area (Å²) in [5, 5.41) is 0. The van der Waals surface area contributed by atoms with E-state index in [-0.39, 0.29) is 0 Å². The zero-order chi connectivity index (χ0) is 13.9. The van der Waals surface area contributed by atoms with Crippen molar-refractivity contribution in [3.05, 3.63) is 34.6 Å². The van der Waals surface area contributed by atoms with Crippen molar-refractivity contribution in [1.29, 1.82) is 0 Å². The second-order valence-corrected chi connectivity index (χ2v) is 6.13. The number of anilines is 1. The van der Waals surface area contributed by atoms with Crippen LogP contribution < -0.4 is 5.73 Å². The highest BCUT2D eigenvalue weighted by molar-refractivity contribution is 9.10. The Morgan fingerprint density at radius 2 is 1.65 bits per heavy atom. The monoisotopic (exact) mass is 332 g/mol. The van der Waals surface area contributed by atoms with Gasteiger partial charge in [0.25, 0.3) is 0 Å². The van der Waals surface area contributed by atoms with Crippen LogP contribution in [0.25, 0.3) is 11.4 Å². The van der Waals surface area contributed by atoms with Crippen LogP contribution in [0.3, 0.4) is 0 Å². The molecular weight excluding hydrogens is 316 g/mol. The lowest BCUT2D eigenvalue weighted by atomic mass is 9.89. The first-order valence-electron chi connectivity index (χ1n) is 7.00. The van der Waals surface area contributed by atoms with Gasteiger partial charge in [-0.1, -0.05) is 47.3 Å². The third-order valence-electron chi connectivity index (χ3n) is 3.74. The van der Waals surface area contributed by atoms with Gasteiger partial charge >= 0.3 is 0 Å². The number of nitrogens with two attached hydrogens (primary N) is 1. The first-order chi connectivity index (χ1) is 9.72. The Bertz CT molecular complexity index is 591. The van der Waals surface area contributed by atoms with E-state index in [2.05, 4.69) is 30.9 Å².